The molecule has 90 valence electrons. The van der Waals surface area contributed by atoms with Crippen molar-refractivity contribution in [1.82, 2.24) is 4.98 Å². The minimum atomic E-state index is -0.659. The Balaban J connectivity index is 3.21. The lowest BCUT2D eigenvalue weighted by Gasteiger charge is -2.02. The molecule has 1 aromatic heterocycles. The molecule has 0 atom stereocenters. The van der Waals surface area contributed by atoms with Crippen molar-refractivity contribution in [3.63, 3.8) is 0 Å². The molecule has 1 heterocycles. The minimum Gasteiger partial charge on any atom is -0.464 e. The third-order valence-corrected chi connectivity index (χ3v) is 2.13. The Morgan fingerprint density at radius 3 is 2.47 bits per heavy atom. The highest BCUT2D eigenvalue weighted by Gasteiger charge is 2.24. The first-order valence-corrected chi connectivity index (χ1v) is 5.13. The first kappa shape index (κ1) is 13.0. The summed E-state index contributed by atoms with van der Waals surface area (Å²) < 4.78 is 9.16. The third-order valence-electron chi connectivity index (χ3n) is 2.13. The molecule has 0 fully saturated rings. The molecular weight excluding hydrogens is 222 g/mol. The normalized spacial score (nSPS) is 9.59. The van der Waals surface area contributed by atoms with Crippen LogP contribution in [0.25, 0.3) is 0 Å². The van der Waals surface area contributed by atoms with Gasteiger partial charge in [0.05, 0.1) is 20.3 Å². The van der Waals surface area contributed by atoms with Gasteiger partial charge in [-0.15, -0.1) is 0 Å². The molecule has 0 unspecified atom stereocenters. The molecule has 1 aromatic rings. The van der Waals surface area contributed by atoms with E-state index in [1.807, 2.05) is 13.3 Å². The highest BCUT2D eigenvalue weighted by Crippen LogP contribution is 2.14. The smallest absolute Gasteiger partial charge is 0.360 e. The standard InChI is InChI=1S/C12H14NO4/c1-4-5-8-6-9(11(14)16-2)10(13-7-8)12(15)17-3/h5-7H,4H2,1-3H3/q+1. The van der Waals surface area contributed by atoms with Crippen LogP contribution in [0.5, 0.6) is 0 Å². The van der Waals surface area contributed by atoms with E-state index < -0.39 is 11.9 Å². The lowest BCUT2D eigenvalue weighted by atomic mass is 10.1. The summed E-state index contributed by atoms with van der Waals surface area (Å²) in [4.78, 5) is 26.9. The zero-order valence-corrected chi connectivity index (χ0v) is 10.0. The maximum atomic E-state index is 11.5. The van der Waals surface area contributed by atoms with E-state index in [-0.39, 0.29) is 11.3 Å². The second-order valence-corrected chi connectivity index (χ2v) is 3.26. The van der Waals surface area contributed by atoms with Crippen LogP contribution in [0.15, 0.2) is 12.3 Å². The molecule has 0 aliphatic rings. The summed E-state index contributed by atoms with van der Waals surface area (Å²) >= 11 is 0. The maximum absolute atomic E-state index is 11.5. The van der Waals surface area contributed by atoms with Gasteiger partial charge in [0.2, 0.25) is 0 Å². The van der Waals surface area contributed by atoms with Crippen LogP contribution in [0.4, 0.5) is 0 Å². The SMILES string of the molecule is CC[CH+]c1cnc(C(=O)OC)c(C(=O)OC)c1. The molecule has 0 spiro atoms. The molecule has 5 nitrogen and oxygen atoms in total. The van der Waals surface area contributed by atoms with Gasteiger partial charge in [0.25, 0.3) is 0 Å². The molecule has 0 amide bonds. The van der Waals surface area contributed by atoms with Gasteiger partial charge in [-0.05, 0) is 0 Å². The van der Waals surface area contributed by atoms with Crippen molar-refractivity contribution in [1.29, 1.82) is 0 Å². The number of rotatable bonds is 4. The highest BCUT2D eigenvalue weighted by atomic mass is 16.5. The molecule has 0 bridgehead atoms. The van der Waals surface area contributed by atoms with E-state index in [4.69, 9.17) is 0 Å². The van der Waals surface area contributed by atoms with E-state index in [1.165, 1.54) is 20.4 Å². The number of nitrogens with zero attached hydrogens (tertiary/aromatic N) is 1. The second-order valence-electron chi connectivity index (χ2n) is 3.26. The van der Waals surface area contributed by atoms with Crippen LogP contribution in [0, 0.1) is 6.42 Å². The van der Waals surface area contributed by atoms with Crippen LogP contribution >= 0.6 is 0 Å². The minimum absolute atomic E-state index is 0.0346. The molecule has 0 N–H and O–H groups in total. The summed E-state index contributed by atoms with van der Waals surface area (Å²) in [5.41, 5.74) is 0.842. The van der Waals surface area contributed by atoms with Crippen molar-refractivity contribution in [3.8, 4) is 0 Å². The third kappa shape index (κ3) is 2.96. The summed E-state index contributed by atoms with van der Waals surface area (Å²) in [6, 6.07) is 1.56. The average molecular weight is 236 g/mol. The Kier molecular flexibility index (Phi) is 4.51. The molecule has 0 aliphatic heterocycles. The fourth-order valence-corrected chi connectivity index (χ4v) is 1.35. The first-order chi connectivity index (χ1) is 8.13. The number of methoxy groups -OCH3 is 2. The Morgan fingerprint density at radius 1 is 1.29 bits per heavy atom. The summed E-state index contributed by atoms with van der Waals surface area (Å²) in [7, 11) is 2.48. The van der Waals surface area contributed by atoms with Gasteiger partial charge in [0.1, 0.15) is 11.8 Å². The zero-order valence-electron chi connectivity index (χ0n) is 10.0. The number of ether oxygens (including phenoxy) is 2. The number of hydrogen-bond donors (Lipinski definition) is 0. The Labute approximate surface area is 99.8 Å². The number of carbonyl (C=O) groups is 2. The van der Waals surface area contributed by atoms with E-state index >= 15 is 0 Å². The molecule has 1 rings (SSSR count). The Morgan fingerprint density at radius 2 is 1.94 bits per heavy atom. The molecule has 17 heavy (non-hydrogen) atoms. The number of esters is 2. The monoisotopic (exact) mass is 236 g/mol. The maximum Gasteiger partial charge on any atom is 0.360 e. The second kappa shape index (κ2) is 5.89. The van der Waals surface area contributed by atoms with Crippen molar-refractivity contribution in [2.75, 3.05) is 14.2 Å². The van der Waals surface area contributed by atoms with E-state index in [0.29, 0.717) is 0 Å². The highest BCUT2D eigenvalue weighted by molar-refractivity contribution is 6.01. The van der Waals surface area contributed by atoms with E-state index in [0.717, 1.165) is 12.0 Å². The molecule has 0 aromatic carbocycles. The molecule has 5 heteroatoms. The summed E-state index contributed by atoms with van der Waals surface area (Å²) in [6.45, 7) is 1.96. The molecule has 0 radical (unpaired) electrons. The Bertz CT molecular complexity index is 429. The summed E-state index contributed by atoms with van der Waals surface area (Å²) in [5, 5.41) is 0. The van der Waals surface area contributed by atoms with Crippen molar-refractivity contribution in [3.05, 3.63) is 35.5 Å². The van der Waals surface area contributed by atoms with Crippen molar-refractivity contribution in [2.24, 2.45) is 0 Å². The molecular formula is C12H14NO4+. The predicted molar refractivity (Wildman–Crippen MR) is 60.6 cm³/mol. The van der Waals surface area contributed by atoms with Crippen LogP contribution in [0.1, 0.15) is 39.8 Å². The van der Waals surface area contributed by atoms with Crippen molar-refractivity contribution < 1.29 is 19.1 Å². The van der Waals surface area contributed by atoms with Crippen LogP contribution in [0.2, 0.25) is 0 Å². The van der Waals surface area contributed by atoms with Gasteiger partial charge in [-0.3, -0.25) is 0 Å². The van der Waals surface area contributed by atoms with Crippen LogP contribution in [-0.4, -0.2) is 31.1 Å². The van der Waals surface area contributed by atoms with Gasteiger partial charge in [0.15, 0.2) is 11.3 Å². The van der Waals surface area contributed by atoms with Gasteiger partial charge < -0.3 is 9.47 Å². The fraction of sp³-hybridized carbons (Fsp3) is 0.333. The van der Waals surface area contributed by atoms with Gasteiger partial charge in [-0.2, -0.15) is 4.98 Å². The van der Waals surface area contributed by atoms with Gasteiger partial charge in [-0.25, -0.2) is 9.59 Å². The Hall–Kier alpha value is -2.04. The number of pyridine rings is 1. The van der Waals surface area contributed by atoms with Crippen LogP contribution in [0.3, 0.4) is 0 Å². The van der Waals surface area contributed by atoms with Gasteiger partial charge >= 0.3 is 11.9 Å². The van der Waals surface area contributed by atoms with E-state index in [9.17, 15) is 9.59 Å². The van der Waals surface area contributed by atoms with Crippen LogP contribution < -0.4 is 0 Å². The van der Waals surface area contributed by atoms with Gasteiger partial charge in [-0.1, -0.05) is 6.92 Å². The lowest BCUT2D eigenvalue weighted by Crippen LogP contribution is -2.14. The largest absolute Gasteiger partial charge is 0.464 e. The zero-order chi connectivity index (χ0) is 12.8. The molecule has 0 aliphatic carbocycles. The average Bonchev–Trinajstić information content (AvgIpc) is 2.37. The summed E-state index contributed by atoms with van der Waals surface area (Å²) in [5.74, 6) is -1.27. The number of hydrogen-bond acceptors (Lipinski definition) is 5. The summed E-state index contributed by atoms with van der Waals surface area (Å²) in [6.07, 6.45) is 4.21. The quantitative estimate of drug-likeness (QED) is 0.587. The number of carbonyl (C=O) groups excluding carboxylic acids is 2. The van der Waals surface area contributed by atoms with E-state index in [2.05, 4.69) is 14.5 Å². The fourth-order valence-electron chi connectivity index (χ4n) is 1.35. The van der Waals surface area contributed by atoms with Crippen molar-refractivity contribution >= 4 is 11.9 Å². The first-order valence-electron chi connectivity index (χ1n) is 5.13. The predicted octanol–water partition coefficient (Wildman–Crippen LogP) is 1.62. The van der Waals surface area contributed by atoms with E-state index in [1.54, 1.807) is 6.07 Å². The van der Waals surface area contributed by atoms with Crippen molar-refractivity contribution in [2.45, 2.75) is 13.3 Å². The molecule has 0 saturated carbocycles. The number of aromatic nitrogens is 1. The molecule has 0 saturated heterocycles. The van der Waals surface area contributed by atoms with Crippen LogP contribution in [-0.2, 0) is 9.47 Å². The topological polar surface area (TPSA) is 65.5 Å². The van der Waals surface area contributed by atoms with Gasteiger partial charge in [0, 0.05) is 12.8 Å². The lowest BCUT2D eigenvalue weighted by molar-refractivity contribution is 0.0549.